The number of carbonyl (C=O) groups is 1. The minimum Gasteiger partial charge on any atom is -0.368 e. The highest BCUT2D eigenvalue weighted by Gasteiger charge is 2.50. The summed E-state index contributed by atoms with van der Waals surface area (Å²) in [7, 11) is 1.59. The summed E-state index contributed by atoms with van der Waals surface area (Å²) in [6.07, 6.45) is 1.74. The first-order chi connectivity index (χ1) is 4.75. The molecule has 3 heteroatoms. The zero-order valence-electron chi connectivity index (χ0n) is 6.44. The second-order valence-corrected chi connectivity index (χ2v) is 2.56. The van der Waals surface area contributed by atoms with E-state index in [1.807, 2.05) is 6.92 Å². The van der Waals surface area contributed by atoms with Crippen LogP contribution in [0.15, 0.2) is 0 Å². The molecule has 0 spiro atoms. The minimum atomic E-state index is -0.448. The van der Waals surface area contributed by atoms with Gasteiger partial charge in [-0.2, -0.15) is 0 Å². The molecule has 0 aromatic heterocycles. The average Bonchev–Trinajstić information content (AvgIpc) is 2.68. The number of hydrogen-bond donors (Lipinski definition) is 1. The average molecular weight is 143 g/mol. The number of likely N-dealkylation sites (N-methyl/N-ethyl adjacent to an activating group) is 1. The van der Waals surface area contributed by atoms with Crippen LogP contribution in [0.1, 0.15) is 19.8 Å². The molecule has 0 atom stereocenters. The van der Waals surface area contributed by atoms with Crippen LogP contribution in [-0.2, 0) is 9.53 Å². The van der Waals surface area contributed by atoms with Gasteiger partial charge in [0, 0.05) is 13.7 Å². The summed E-state index contributed by atoms with van der Waals surface area (Å²) < 4.78 is 5.05. The van der Waals surface area contributed by atoms with Crippen molar-refractivity contribution < 1.29 is 9.53 Å². The summed E-state index contributed by atoms with van der Waals surface area (Å²) >= 11 is 0. The Kier molecular flexibility index (Phi) is 1.94. The topological polar surface area (TPSA) is 38.3 Å². The van der Waals surface area contributed by atoms with Gasteiger partial charge in [0.05, 0.1) is 0 Å². The summed E-state index contributed by atoms with van der Waals surface area (Å²) in [5, 5.41) is 2.74. The fraction of sp³-hybridized carbons (Fsp3) is 0.857. The Labute approximate surface area is 60.7 Å². The van der Waals surface area contributed by atoms with Crippen molar-refractivity contribution in [2.24, 2.45) is 0 Å². The van der Waals surface area contributed by atoms with E-state index in [9.17, 15) is 4.79 Å². The Bertz CT molecular complexity index is 141. The molecule has 0 bridgehead atoms. The van der Waals surface area contributed by atoms with Crippen LogP contribution in [0.2, 0.25) is 0 Å². The number of carbonyl (C=O) groups excluding carboxylic acids is 1. The third kappa shape index (κ3) is 1.14. The van der Waals surface area contributed by atoms with E-state index in [-0.39, 0.29) is 5.91 Å². The molecule has 0 heterocycles. The Morgan fingerprint density at radius 1 is 1.70 bits per heavy atom. The summed E-state index contributed by atoms with van der Waals surface area (Å²) in [5.41, 5.74) is -0.448. The number of methoxy groups -OCH3 is 1. The van der Waals surface area contributed by atoms with Crippen molar-refractivity contribution in [3.63, 3.8) is 0 Å². The van der Waals surface area contributed by atoms with Gasteiger partial charge in [0.1, 0.15) is 5.60 Å². The highest BCUT2D eigenvalue weighted by atomic mass is 16.5. The second-order valence-electron chi connectivity index (χ2n) is 2.56. The normalized spacial score (nSPS) is 20.2. The van der Waals surface area contributed by atoms with Crippen LogP contribution in [0, 0.1) is 0 Å². The molecule has 0 unspecified atom stereocenters. The highest BCUT2D eigenvalue weighted by molar-refractivity contribution is 5.88. The van der Waals surface area contributed by atoms with Crippen LogP contribution >= 0.6 is 0 Å². The lowest BCUT2D eigenvalue weighted by atomic mass is 10.3. The second kappa shape index (κ2) is 2.58. The quantitative estimate of drug-likeness (QED) is 0.617. The lowest BCUT2D eigenvalue weighted by molar-refractivity contribution is -0.133. The largest absolute Gasteiger partial charge is 0.368 e. The predicted molar refractivity (Wildman–Crippen MR) is 37.7 cm³/mol. The lowest BCUT2D eigenvalue weighted by Crippen LogP contribution is -2.37. The molecule has 1 N–H and O–H groups in total. The number of rotatable bonds is 3. The molecule has 0 saturated heterocycles. The van der Waals surface area contributed by atoms with Crippen LogP contribution in [0.3, 0.4) is 0 Å². The Morgan fingerprint density at radius 3 is 2.60 bits per heavy atom. The molecule has 1 rings (SSSR count). The first kappa shape index (κ1) is 7.54. The van der Waals surface area contributed by atoms with E-state index in [1.165, 1.54) is 0 Å². The van der Waals surface area contributed by atoms with Crippen molar-refractivity contribution in [1.82, 2.24) is 5.32 Å². The maximum Gasteiger partial charge on any atom is 0.252 e. The fourth-order valence-electron chi connectivity index (χ4n) is 0.959. The van der Waals surface area contributed by atoms with Gasteiger partial charge in [-0.1, -0.05) is 0 Å². The molecule has 3 nitrogen and oxygen atoms in total. The van der Waals surface area contributed by atoms with Gasteiger partial charge in [-0.25, -0.2) is 0 Å². The first-order valence-corrected chi connectivity index (χ1v) is 3.58. The van der Waals surface area contributed by atoms with Crippen LogP contribution in [0.5, 0.6) is 0 Å². The SMILES string of the molecule is CCNC(=O)C1(OC)CC1. The van der Waals surface area contributed by atoms with Gasteiger partial charge >= 0.3 is 0 Å². The molecule has 1 fully saturated rings. The summed E-state index contributed by atoms with van der Waals surface area (Å²) in [4.78, 5) is 11.1. The third-order valence-electron chi connectivity index (χ3n) is 1.85. The number of ether oxygens (including phenoxy) is 1. The Hall–Kier alpha value is -0.570. The molecule has 0 aromatic rings. The Morgan fingerprint density at radius 2 is 2.30 bits per heavy atom. The highest BCUT2D eigenvalue weighted by Crippen LogP contribution is 2.38. The molecule has 1 aliphatic rings. The van der Waals surface area contributed by atoms with Gasteiger partial charge in [-0.3, -0.25) is 4.79 Å². The predicted octanol–water partition coefficient (Wildman–Crippen LogP) is 0.301. The molecule has 0 radical (unpaired) electrons. The van der Waals surface area contributed by atoms with Gasteiger partial charge < -0.3 is 10.1 Å². The van der Waals surface area contributed by atoms with E-state index in [2.05, 4.69) is 5.32 Å². The summed E-state index contributed by atoms with van der Waals surface area (Å²) in [6, 6.07) is 0. The molecular formula is C7H13NO2. The van der Waals surface area contributed by atoms with Crippen molar-refractivity contribution in [3.8, 4) is 0 Å². The van der Waals surface area contributed by atoms with Crippen molar-refractivity contribution in [2.45, 2.75) is 25.4 Å². The van der Waals surface area contributed by atoms with E-state index in [0.717, 1.165) is 12.8 Å². The van der Waals surface area contributed by atoms with Gasteiger partial charge in [-0.05, 0) is 19.8 Å². The van der Waals surface area contributed by atoms with E-state index < -0.39 is 5.60 Å². The third-order valence-corrected chi connectivity index (χ3v) is 1.85. The lowest BCUT2D eigenvalue weighted by Gasteiger charge is -2.11. The van der Waals surface area contributed by atoms with E-state index in [0.29, 0.717) is 6.54 Å². The first-order valence-electron chi connectivity index (χ1n) is 3.58. The molecule has 1 saturated carbocycles. The van der Waals surface area contributed by atoms with Crippen molar-refractivity contribution in [1.29, 1.82) is 0 Å². The standard InChI is InChI=1S/C7H13NO2/c1-3-8-6(9)7(10-2)4-5-7/h3-5H2,1-2H3,(H,8,9). The Balaban J connectivity index is 2.40. The number of nitrogens with one attached hydrogen (secondary N) is 1. The van der Waals surface area contributed by atoms with Crippen LogP contribution in [0.4, 0.5) is 0 Å². The van der Waals surface area contributed by atoms with Crippen LogP contribution < -0.4 is 5.32 Å². The van der Waals surface area contributed by atoms with Crippen LogP contribution in [-0.4, -0.2) is 25.2 Å². The van der Waals surface area contributed by atoms with E-state index in [1.54, 1.807) is 7.11 Å². The maximum atomic E-state index is 11.1. The zero-order valence-corrected chi connectivity index (χ0v) is 6.44. The maximum absolute atomic E-state index is 11.1. The fourth-order valence-corrected chi connectivity index (χ4v) is 0.959. The van der Waals surface area contributed by atoms with Crippen molar-refractivity contribution >= 4 is 5.91 Å². The minimum absolute atomic E-state index is 0.0394. The van der Waals surface area contributed by atoms with Crippen LogP contribution in [0.25, 0.3) is 0 Å². The summed E-state index contributed by atoms with van der Waals surface area (Å²) in [5.74, 6) is 0.0394. The van der Waals surface area contributed by atoms with Crippen molar-refractivity contribution in [3.05, 3.63) is 0 Å². The summed E-state index contributed by atoms with van der Waals surface area (Å²) in [6.45, 7) is 2.59. The van der Waals surface area contributed by atoms with Gasteiger partial charge in [-0.15, -0.1) is 0 Å². The zero-order chi connectivity index (χ0) is 7.61. The monoisotopic (exact) mass is 143 g/mol. The molecular weight excluding hydrogens is 130 g/mol. The molecule has 0 aromatic carbocycles. The van der Waals surface area contributed by atoms with Gasteiger partial charge in [0.25, 0.3) is 5.91 Å². The number of amides is 1. The van der Waals surface area contributed by atoms with E-state index >= 15 is 0 Å². The van der Waals surface area contributed by atoms with Gasteiger partial charge in [0.15, 0.2) is 0 Å². The molecule has 10 heavy (non-hydrogen) atoms. The molecule has 58 valence electrons. The molecule has 1 amide bonds. The van der Waals surface area contributed by atoms with E-state index in [4.69, 9.17) is 4.74 Å². The smallest absolute Gasteiger partial charge is 0.252 e. The molecule has 1 aliphatic carbocycles. The van der Waals surface area contributed by atoms with Crippen molar-refractivity contribution in [2.75, 3.05) is 13.7 Å². The van der Waals surface area contributed by atoms with Gasteiger partial charge in [0.2, 0.25) is 0 Å². The molecule has 0 aliphatic heterocycles. The number of hydrogen-bond acceptors (Lipinski definition) is 2.